The highest BCUT2D eigenvalue weighted by atomic mass is 32.2. The Balaban J connectivity index is 1.33. The van der Waals surface area contributed by atoms with Crippen LogP contribution in [-0.2, 0) is 5.75 Å². The molecule has 0 unspecified atom stereocenters. The van der Waals surface area contributed by atoms with Gasteiger partial charge in [0.2, 0.25) is 5.95 Å². The molecule has 29 heavy (non-hydrogen) atoms. The number of thioether (sulfide) groups is 1. The van der Waals surface area contributed by atoms with Crippen molar-refractivity contribution in [2.24, 2.45) is 0 Å². The Morgan fingerprint density at radius 1 is 0.966 bits per heavy atom. The third kappa shape index (κ3) is 4.91. The summed E-state index contributed by atoms with van der Waals surface area (Å²) in [6.45, 7) is 0.999. The molecule has 2 N–H and O–H groups in total. The number of hydrogen-bond donors (Lipinski definition) is 2. The number of rotatable bonds is 8. The van der Waals surface area contributed by atoms with E-state index in [2.05, 4.69) is 25.6 Å². The Hall–Kier alpha value is -3.39. The molecular weight excluding hydrogens is 386 g/mol. The smallest absolute Gasteiger partial charge is 0.257 e. The van der Waals surface area contributed by atoms with Gasteiger partial charge in [-0.3, -0.25) is 4.79 Å². The summed E-state index contributed by atoms with van der Waals surface area (Å²) in [6.07, 6.45) is 3.33. The zero-order valence-corrected chi connectivity index (χ0v) is 16.4. The van der Waals surface area contributed by atoms with Crippen LogP contribution in [0.2, 0.25) is 0 Å². The van der Waals surface area contributed by atoms with Gasteiger partial charge in [0.25, 0.3) is 11.1 Å². The van der Waals surface area contributed by atoms with Crippen molar-refractivity contribution in [1.82, 2.24) is 20.3 Å². The molecule has 4 rings (SSSR count). The van der Waals surface area contributed by atoms with Crippen molar-refractivity contribution >= 4 is 34.7 Å². The summed E-state index contributed by atoms with van der Waals surface area (Å²) < 4.78 is 5.74. The maximum atomic E-state index is 12.6. The first kappa shape index (κ1) is 18.9. The van der Waals surface area contributed by atoms with Crippen molar-refractivity contribution in [3.8, 4) is 0 Å². The second-order valence-corrected chi connectivity index (χ2v) is 7.07. The zero-order valence-electron chi connectivity index (χ0n) is 15.5. The van der Waals surface area contributed by atoms with Crippen LogP contribution in [0.1, 0.15) is 15.9 Å². The van der Waals surface area contributed by atoms with E-state index in [0.717, 1.165) is 16.7 Å². The molecule has 0 radical (unpaired) electrons. The largest absolute Gasteiger partial charge is 0.431 e. The van der Waals surface area contributed by atoms with Crippen molar-refractivity contribution in [2.45, 2.75) is 11.0 Å². The van der Waals surface area contributed by atoms with Crippen LogP contribution in [0.4, 0.5) is 5.95 Å². The fraction of sp³-hybridized carbons (Fsp3) is 0.143. The molecule has 7 nitrogen and oxygen atoms in total. The predicted molar refractivity (Wildman–Crippen MR) is 113 cm³/mol. The standard InChI is InChI=1S/C21H19N5O2S/c27-19(22-12-13-25-20-23-10-5-11-24-20)16-7-2-1-6-15(16)14-29-21-26-17-8-3-4-9-18(17)28-21/h1-11H,12-14H2,(H,22,27)(H,23,24,25). The lowest BCUT2D eigenvalue weighted by atomic mass is 10.1. The lowest BCUT2D eigenvalue weighted by Crippen LogP contribution is -2.29. The predicted octanol–water partition coefficient (Wildman–Crippen LogP) is 3.75. The third-order valence-corrected chi connectivity index (χ3v) is 5.02. The molecule has 0 fully saturated rings. The van der Waals surface area contributed by atoms with Crippen molar-refractivity contribution in [3.63, 3.8) is 0 Å². The minimum absolute atomic E-state index is 0.116. The quantitative estimate of drug-likeness (QED) is 0.341. The van der Waals surface area contributed by atoms with Crippen LogP contribution in [0.5, 0.6) is 0 Å². The zero-order chi connectivity index (χ0) is 19.9. The number of nitrogens with zero attached hydrogens (tertiary/aromatic N) is 3. The number of hydrogen-bond acceptors (Lipinski definition) is 7. The molecule has 2 heterocycles. The maximum absolute atomic E-state index is 12.6. The molecule has 0 spiro atoms. The number of nitrogens with one attached hydrogen (secondary N) is 2. The van der Waals surface area contributed by atoms with Gasteiger partial charge in [-0.05, 0) is 29.8 Å². The Morgan fingerprint density at radius 2 is 1.76 bits per heavy atom. The topological polar surface area (TPSA) is 92.9 Å². The third-order valence-electron chi connectivity index (χ3n) is 4.15. The number of amides is 1. The lowest BCUT2D eigenvalue weighted by molar-refractivity contribution is 0.0954. The Kier molecular flexibility index (Phi) is 6.01. The van der Waals surface area contributed by atoms with Gasteiger partial charge in [-0.2, -0.15) is 0 Å². The number of carbonyl (C=O) groups excluding carboxylic acids is 1. The fourth-order valence-electron chi connectivity index (χ4n) is 2.76. The average Bonchev–Trinajstić information content (AvgIpc) is 3.19. The molecule has 8 heteroatoms. The first-order valence-electron chi connectivity index (χ1n) is 9.15. The Labute approximate surface area is 172 Å². The van der Waals surface area contributed by atoms with E-state index in [0.29, 0.717) is 35.6 Å². The van der Waals surface area contributed by atoms with E-state index in [9.17, 15) is 4.79 Å². The Morgan fingerprint density at radius 3 is 2.62 bits per heavy atom. The van der Waals surface area contributed by atoms with Crippen molar-refractivity contribution in [1.29, 1.82) is 0 Å². The molecule has 0 saturated carbocycles. The van der Waals surface area contributed by atoms with Gasteiger partial charge in [0.05, 0.1) is 0 Å². The molecular formula is C21H19N5O2S. The summed E-state index contributed by atoms with van der Waals surface area (Å²) in [5.74, 6) is 1.01. The van der Waals surface area contributed by atoms with Crippen molar-refractivity contribution in [2.75, 3.05) is 18.4 Å². The highest BCUT2D eigenvalue weighted by molar-refractivity contribution is 7.98. The van der Waals surface area contributed by atoms with E-state index < -0.39 is 0 Å². The van der Waals surface area contributed by atoms with Crippen LogP contribution >= 0.6 is 11.8 Å². The molecule has 0 atom stereocenters. The first-order chi connectivity index (χ1) is 14.3. The molecule has 0 saturated heterocycles. The SMILES string of the molecule is O=C(NCCNc1ncccn1)c1ccccc1CSc1nc2ccccc2o1. The minimum Gasteiger partial charge on any atom is -0.431 e. The van der Waals surface area contributed by atoms with E-state index >= 15 is 0 Å². The molecule has 0 aliphatic heterocycles. The van der Waals surface area contributed by atoms with Gasteiger partial charge >= 0.3 is 0 Å². The van der Waals surface area contributed by atoms with Crippen LogP contribution in [0.25, 0.3) is 11.1 Å². The number of anilines is 1. The normalized spacial score (nSPS) is 10.8. The lowest BCUT2D eigenvalue weighted by Gasteiger charge is -2.10. The van der Waals surface area contributed by atoms with Crippen LogP contribution in [-0.4, -0.2) is 33.9 Å². The van der Waals surface area contributed by atoms with Gasteiger partial charge in [0.1, 0.15) is 5.52 Å². The van der Waals surface area contributed by atoms with Crippen LogP contribution in [0.15, 0.2) is 76.6 Å². The van der Waals surface area contributed by atoms with Crippen molar-refractivity contribution in [3.05, 3.63) is 78.1 Å². The highest BCUT2D eigenvalue weighted by Gasteiger charge is 2.12. The second kappa shape index (κ2) is 9.20. The minimum atomic E-state index is -0.116. The molecule has 1 amide bonds. The number of para-hydroxylation sites is 2. The first-order valence-corrected chi connectivity index (χ1v) is 10.1. The molecule has 4 aromatic rings. The molecule has 2 aromatic heterocycles. The van der Waals surface area contributed by atoms with E-state index in [-0.39, 0.29) is 5.91 Å². The fourth-order valence-corrected chi connectivity index (χ4v) is 3.60. The second-order valence-electron chi connectivity index (χ2n) is 6.15. The molecule has 2 aromatic carbocycles. The van der Waals surface area contributed by atoms with Gasteiger partial charge < -0.3 is 15.1 Å². The van der Waals surface area contributed by atoms with Crippen LogP contribution in [0.3, 0.4) is 0 Å². The number of oxazole rings is 1. The van der Waals surface area contributed by atoms with E-state index in [4.69, 9.17) is 4.42 Å². The number of carbonyl (C=O) groups is 1. The summed E-state index contributed by atoms with van der Waals surface area (Å²) in [5.41, 5.74) is 3.16. The number of benzene rings is 2. The van der Waals surface area contributed by atoms with Gasteiger partial charge in [-0.1, -0.05) is 42.1 Å². The van der Waals surface area contributed by atoms with Gasteiger partial charge in [0, 0.05) is 36.8 Å². The maximum Gasteiger partial charge on any atom is 0.257 e. The summed E-state index contributed by atoms with van der Waals surface area (Å²) in [7, 11) is 0. The average molecular weight is 405 g/mol. The van der Waals surface area contributed by atoms with Crippen LogP contribution < -0.4 is 10.6 Å². The number of aromatic nitrogens is 3. The molecule has 0 aliphatic rings. The monoisotopic (exact) mass is 405 g/mol. The van der Waals surface area contributed by atoms with Gasteiger partial charge in [0.15, 0.2) is 5.58 Å². The Bertz CT molecular complexity index is 1070. The van der Waals surface area contributed by atoms with E-state index in [1.807, 2.05) is 48.5 Å². The summed E-state index contributed by atoms with van der Waals surface area (Å²) in [6, 6.07) is 17.0. The summed E-state index contributed by atoms with van der Waals surface area (Å²) in [5, 5.41) is 6.58. The van der Waals surface area contributed by atoms with E-state index in [1.54, 1.807) is 18.5 Å². The molecule has 0 bridgehead atoms. The van der Waals surface area contributed by atoms with Gasteiger partial charge in [-0.15, -0.1) is 0 Å². The van der Waals surface area contributed by atoms with Gasteiger partial charge in [-0.25, -0.2) is 15.0 Å². The summed E-state index contributed by atoms with van der Waals surface area (Å²) >= 11 is 1.47. The molecule has 146 valence electrons. The highest BCUT2D eigenvalue weighted by Crippen LogP contribution is 2.27. The van der Waals surface area contributed by atoms with Crippen molar-refractivity contribution < 1.29 is 9.21 Å². The summed E-state index contributed by atoms with van der Waals surface area (Å²) in [4.78, 5) is 25.2. The molecule has 0 aliphatic carbocycles. The number of fused-ring (bicyclic) bond motifs is 1. The van der Waals surface area contributed by atoms with E-state index in [1.165, 1.54) is 11.8 Å². The van der Waals surface area contributed by atoms with Crippen LogP contribution in [0, 0.1) is 0 Å².